The average Bonchev–Trinajstić information content (AvgIpc) is 3.18. The molecule has 0 radical (unpaired) electrons. The number of carbonyl (C=O) groups excluding carboxylic acids is 1. The average molecular weight is 450 g/mol. The third-order valence-electron chi connectivity index (χ3n) is 6.01. The van der Waals surface area contributed by atoms with Gasteiger partial charge in [0.25, 0.3) is 0 Å². The van der Waals surface area contributed by atoms with Crippen LogP contribution in [0.2, 0.25) is 0 Å². The summed E-state index contributed by atoms with van der Waals surface area (Å²) in [5.41, 5.74) is 3.62. The molecule has 0 saturated heterocycles. The molecule has 1 aromatic heterocycles. The quantitative estimate of drug-likeness (QED) is 0.310. The molecule has 178 valence electrons. The molecule has 0 unspecified atom stereocenters. The molecule has 0 atom stereocenters. The summed E-state index contributed by atoms with van der Waals surface area (Å²) in [5.74, 6) is 2.31. The van der Waals surface area contributed by atoms with Gasteiger partial charge in [0.05, 0.1) is 17.6 Å². The lowest BCUT2D eigenvalue weighted by Crippen LogP contribution is -2.28. The van der Waals surface area contributed by atoms with E-state index in [0.29, 0.717) is 0 Å². The standard InChI is InChI=1S/C28H39N3O2/c1-4-23-15-17-24(18-16-23)33-21-11-10-20-31-26-13-8-7-12-25(26)30-27(31)14-6-5-9-19-29-28(32)22(2)3/h7-8,12-13,15-18,22H,4-6,9-11,14,19-21H2,1-3H3,(H,29,32). The van der Waals surface area contributed by atoms with Crippen molar-refractivity contribution in [1.82, 2.24) is 14.9 Å². The molecule has 0 saturated carbocycles. The normalized spacial score (nSPS) is 11.3. The summed E-state index contributed by atoms with van der Waals surface area (Å²) in [6.45, 7) is 8.46. The molecule has 1 heterocycles. The predicted octanol–water partition coefficient (Wildman–Crippen LogP) is 5.94. The van der Waals surface area contributed by atoms with Gasteiger partial charge in [-0.3, -0.25) is 4.79 Å². The van der Waals surface area contributed by atoms with Gasteiger partial charge in [-0.2, -0.15) is 0 Å². The highest BCUT2D eigenvalue weighted by molar-refractivity contribution is 5.77. The molecule has 0 fully saturated rings. The predicted molar refractivity (Wildman–Crippen MR) is 136 cm³/mol. The number of carbonyl (C=O) groups is 1. The highest BCUT2D eigenvalue weighted by Gasteiger charge is 2.10. The topological polar surface area (TPSA) is 56.1 Å². The monoisotopic (exact) mass is 449 g/mol. The molecule has 33 heavy (non-hydrogen) atoms. The summed E-state index contributed by atoms with van der Waals surface area (Å²) in [4.78, 5) is 16.6. The van der Waals surface area contributed by atoms with Crippen LogP contribution in [-0.4, -0.2) is 28.6 Å². The van der Waals surface area contributed by atoms with Gasteiger partial charge in [-0.1, -0.05) is 51.5 Å². The Morgan fingerprint density at radius 1 is 1.00 bits per heavy atom. The summed E-state index contributed by atoms with van der Waals surface area (Å²) in [7, 11) is 0. The van der Waals surface area contributed by atoms with Crippen LogP contribution in [0.4, 0.5) is 0 Å². The van der Waals surface area contributed by atoms with Crippen LogP contribution >= 0.6 is 0 Å². The molecule has 0 spiro atoms. The molecule has 2 aromatic carbocycles. The van der Waals surface area contributed by atoms with Gasteiger partial charge >= 0.3 is 0 Å². The molecule has 0 aliphatic rings. The summed E-state index contributed by atoms with van der Waals surface area (Å²) < 4.78 is 8.30. The van der Waals surface area contributed by atoms with E-state index in [1.807, 2.05) is 13.8 Å². The number of aryl methyl sites for hydroxylation is 3. The molecule has 5 nitrogen and oxygen atoms in total. The highest BCUT2D eigenvalue weighted by atomic mass is 16.5. The third-order valence-corrected chi connectivity index (χ3v) is 6.01. The second-order valence-electron chi connectivity index (χ2n) is 8.98. The molecule has 1 N–H and O–H groups in total. The highest BCUT2D eigenvalue weighted by Crippen LogP contribution is 2.19. The molecule has 1 amide bonds. The third kappa shape index (κ3) is 7.62. The zero-order valence-electron chi connectivity index (χ0n) is 20.5. The van der Waals surface area contributed by atoms with Gasteiger partial charge in [-0.15, -0.1) is 0 Å². The molecule has 5 heteroatoms. The van der Waals surface area contributed by atoms with Crippen molar-refractivity contribution in [2.24, 2.45) is 5.92 Å². The number of para-hydroxylation sites is 2. The van der Waals surface area contributed by atoms with E-state index in [0.717, 1.165) is 75.9 Å². The van der Waals surface area contributed by atoms with Crippen molar-refractivity contribution in [3.8, 4) is 5.75 Å². The Labute approximate surface area is 198 Å². The maximum Gasteiger partial charge on any atom is 0.222 e. The number of imidazole rings is 1. The molecular weight excluding hydrogens is 410 g/mol. The minimum absolute atomic E-state index is 0.0527. The Bertz CT molecular complexity index is 992. The number of fused-ring (bicyclic) bond motifs is 1. The number of amides is 1. The van der Waals surface area contributed by atoms with E-state index < -0.39 is 0 Å². The van der Waals surface area contributed by atoms with Crippen LogP contribution in [0.3, 0.4) is 0 Å². The fraction of sp³-hybridized carbons (Fsp3) is 0.500. The fourth-order valence-corrected chi connectivity index (χ4v) is 3.95. The second-order valence-corrected chi connectivity index (χ2v) is 8.98. The first-order chi connectivity index (χ1) is 16.1. The Kier molecular flexibility index (Phi) is 9.79. The maximum absolute atomic E-state index is 11.7. The lowest BCUT2D eigenvalue weighted by Gasteiger charge is -2.11. The van der Waals surface area contributed by atoms with E-state index in [1.165, 1.54) is 16.9 Å². The summed E-state index contributed by atoms with van der Waals surface area (Å²) in [6, 6.07) is 16.8. The summed E-state index contributed by atoms with van der Waals surface area (Å²) in [5, 5.41) is 3.00. The van der Waals surface area contributed by atoms with E-state index in [-0.39, 0.29) is 11.8 Å². The van der Waals surface area contributed by atoms with Crippen LogP contribution < -0.4 is 10.1 Å². The molecule has 3 aromatic rings. The largest absolute Gasteiger partial charge is 0.494 e. The van der Waals surface area contributed by atoms with E-state index >= 15 is 0 Å². The van der Waals surface area contributed by atoms with Crippen molar-refractivity contribution in [2.45, 2.75) is 72.3 Å². The zero-order chi connectivity index (χ0) is 23.5. The number of hydrogen-bond donors (Lipinski definition) is 1. The first kappa shape index (κ1) is 24.8. The lowest BCUT2D eigenvalue weighted by molar-refractivity contribution is -0.123. The van der Waals surface area contributed by atoms with Gasteiger partial charge in [0.15, 0.2) is 0 Å². The first-order valence-corrected chi connectivity index (χ1v) is 12.5. The number of nitrogens with one attached hydrogen (secondary N) is 1. The van der Waals surface area contributed by atoms with Gasteiger partial charge < -0.3 is 14.6 Å². The van der Waals surface area contributed by atoms with Crippen LogP contribution in [0.15, 0.2) is 48.5 Å². The lowest BCUT2D eigenvalue weighted by atomic mass is 10.1. The SMILES string of the molecule is CCc1ccc(OCCCCn2c(CCCCCNC(=O)C(C)C)nc3ccccc32)cc1. The van der Waals surface area contributed by atoms with Gasteiger partial charge in [0.2, 0.25) is 5.91 Å². The van der Waals surface area contributed by atoms with Crippen molar-refractivity contribution in [3.05, 3.63) is 59.9 Å². The van der Waals surface area contributed by atoms with Crippen LogP contribution in [-0.2, 0) is 24.2 Å². The number of hydrogen-bond acceptors (Lipinski definition) is 3. The van der Waals surface area contributed by atoms with Crippen LogP contribution in [0.25, 0.3) is 11.0 Å². The minimum Gasteiger partial charge on any atom is -0.494 e. The Hall–Kier alpha value is -2.82. The number of nitrogens with zero attached hydrogens (tertiary/aromatic N) is 2. The molecule has 0 bridgehead atoms. The van der Waals surface area contributed by atoms with E-state index in [9.17, 15) is 4.79 Å². The van der Waals surface area contributed by atoms with Crippen molar-refractivity contribution in [3.63, 3.8) is 0 Å². The van der Waals surface area contributed by atoms with Crippen LogP contribution in [0.1, 0.15) is 64.3 Å². The van der Waals surface area contributed by atoms with E-state index in [2.05, 4.69) is 65.3 Å². The van der Waals surface area contributed by atoms with Crippen LogP contribution in [0, 0.1) is 5.92 Å². The van der Waals surface area contributed by atoms with E-state index in [1.54, 1.807) is 0 Å². The second kappa shape index (κ2) is 13.0. The van der Waals surface area contributed by atoms with Crippen molar-refractivity contribution >= 4 is 16.9 Å². The Morgan fingerprint density at radius 2 is 1.79 bits per heavy atom. The van der Waals surface area contributed by atoms with Crippen LogP contribution in [0.5, 0.6) is 5.75 Å². The zero-order valence-corrected chi connectivity index (χ0v) is 20.5. The number of unbranched alkanes of at least 4 members (excludes halogenated alkanes) is 3. The van der Waals surface area contributed by atoms with Gasteiger partial charge in [0, 0.05) is 25.4 Å². The minimum atomic E-state index is 0.0527. The number of aromatic nitrogens is 2. The Balaban J connectivity index is 1.45. The summed E-state index contributed by atoms with van der Waals surface area (Å²) >= 11 is 0. The molecule has 0 aliphatic carbocycles. The van der Waals surface area contributed by atoms with Crippen molar-refractivity contribution in [2.75, 3.05) is 13.2 Å². The number of rotatable bonds is 14. The molecular formula is C28H39N3O2. The van der Waals surface area contributed by atoms with E-state index in [4.69, 9.17) is 9.72 Å². The van der Waals surface area contributed by atoms with Gasteiger partial charge in [-0.25, -0.2) is 4.98 Å². The van der Waals surface area contributed by atoms with Crippen molar-refractivity contribution in [1.29, 1.82) is 0 Å². The maximum atomic E-state index is 11.7. The smallest absolute Gasteiger partial charge is 0.222 e. The number of ether oxygens (including phenoxy) is 1. The summed E-state index contributed by atoms with van der Waals surface area (Å²) in [6.07, 6.45) is 7.27. The molecule has 0 aliphatic heterocycles. The fourth-order valence-electron chi connectivity index (χ4n) is 3.95. The van der Waals surface area contributed by atoms with Gasteiger partial charge in [0.1, 0.15) is 11.6 Å². The van der Waals surface area contributed by atoms with Crippen molar-refractivity contribution < 1.29 is 9.53 Å². The Morgan fingerprint density at radius 3 is 2.55 bits per heavy atom. The number of benzene rings is 2. The first-order valence-electron chi connectivity index (χ1n) is 12.5. The molecule has 3 rings (SSSR count). The van der Waals surface area contributed by atoms with Gasteiger partial charge in [-0.05, 0) is 61.9 Å².